The highest BCUT2D eigenvalue weighted by Crippen LogP contribution is 2.18. The number of hydrogen-bond donors (Lipinski definition) is 2. The highest BCUT2D eigenvalue weighted by Gasteiger charge is 2.38. The molecule has 0 spiro atoms. The molecule has 1 aromatic rings. The fourth-order valence-corrected chi connectivity index (χ4v) is 1.84. The van der Waals surface area contributed by atoms with Gasteiger partial charge in [-0.05, 0) is 31.0 Å². The van der Waals surface area contributed by atoms with Crippen LogP contribution in [0.4, 0.5) is 0 Å². The maximum atomic E-state index is 12.0. The number of ether oxygens (including phenoxy) is 1. The van der Waals surface area contributed by atoms with Crippen LogP contribution in [0.15, 0.2) is 24.5 Å². The number of hydrogen-bond acceptors (Lipinski definition) is 4. The summed E-state index contributed by atoms with van der Waals surface area (Å²) in [6, 6.07) is 3.67. The van der Waals surface area contributed by atoms with E-state index in [1.807, 2.05) is 19.1 Å². The van der Waals surface area contributed by atoms with Crippen molar-refractivity contribution in [1.82, 2.24) is 10.3 Å². The van der Waals surface area contributed by atoms with E-state index in [0.29, 0.717) is 19.6 Å². The molecule has 0 saturated carbocycles. The van der Waals surface area contributed by atoms with E-state index >= 15 is 0 Å². The zero-order chi connectivity index (χ0) is 12.3. The maximum absolute atomic E-state index is 12.0. The van der Waals surface area contributed by atoms with E-state index in [4.69, 9.17) is 10.5 Å². The Morgan fingerprint density at radius 2 is 2.29 bits per heavy atom. The number of nitrogens with zero attached hydrogens (tertiary/aromatic N) is 1. The standard InChI is InChI=1S/C12H17N3O2/c1-9(10-2-5-14-6-3-10)15-11(16)12(13)4-7-17-8-12/h2-3,5-6,9H,4,7-8,13H2,1H3,(H,15,16). The van der Waals surface area contributed by atoms with E-state index in [-0.39, 0.29) is 11.9 Å². The summed E-state index contributed by atoms with van der Waals surface area (Å²) in [5, 5.41) is 2.91. The summed E-state index contributed by atoms with van der Waals surface area (Å²) in [6.07, 6.45) is 3.98. The van der Waals surface area contributed by atoms with Crippen LogP contribution in [0.5, 0.6) is 0 Å². The smallest absolute Gasteiger partial charge is 0.243 e. The van der Waals surface area contributed by atoms with Crippen molar-refractivity contribution in [3.8, 4) is 0 Å². The van der Waals surface area contributed by atoms with E-state index in [1.54, 1.807) is 12.4 Å². The van der Waals surface area contributed by atoms with Gasteiger partial charge in [-0.15, -0.1) is 0 Å². The Bertz CT molecular complexity index is 388. The third-order valence-electron chi connectivity index (χ3n) is 3.06. The minimum absolute atomic E-state index is 0.0773. The molecule has 5 nitrogen and oxygen atoms in total. The number of carbonyl (C=O) groups excluding carboxylic acids is 1. The number of carbonyl (C=O) groups is 1. The Morgan fingerprint density at radius 1 is 1.59 bits per heavy atom. The lowest BCUT2D eigenvalue weighted by molar-refractivity contribution is -0.127. The van der Waals surface area contributed by atoms with Crippen LogP contribution in [0.2, 0.25) is 0 Å². The first kappa shape index (κ1) is 12.0. The van der Waals surface area contributed by atoms with Crippen molar-refractivity contribution in [2.75, 3.05) is 13.2 Å². The van der Waals surface area contributed by atoms with Crippen LogP contribution in [-0.2, 0) is 9.53 Å². The Labute approximate surface area is 100 Å². The largest absolute Gasteiger partial charge is 0.379 e. The van der Waals surface area contributed by atoms with Crippen LogP contribution in [0.3, 0.4) is 0 Å². The van der Waals surface area contributed by atoms with Gasteiger partial charge in [0.15, 0.2) is 0 Å². The van der Waals surface area contributed by atoms with Crippen LogP contribution >= 0.6 is 0 Å². The topological polar surface area (TPSA) is 77.2 Å². The third-order valence-corrected chi connectivity index (χ3v) is 3.06. The SMILES string of the molecule is CC(NC(=O)C1(N)CCOC1)c1ccncc1. The lowest BCUT2D eigenvalue weighted by atomic mass is 9.98. The molecule has 1 aliphatic heterocycles. The Hall–Kier alpha value is -1.46. The maximum Gasteiger partial charge on any atom is 0.243 e. The van der Waals surface area contributed by atoms with Gasteiger partial charge in [0.2, 0.25) is 5.91 Å². The average Bonchev–Trinajstić information content (AvgIpc) is 2.78. The van der Waals surface area contributed by atoms with Gasteiger partial charge in [0, 0.05) is 19.0 Å². The van der Waals surface area contributed by atoms with Gasteiger partial charge in [0.1, 0.15) is 5.54 Å². The first-order valence-corrected chi connectivity index (χ1v) is 5.69. The van der Waals surface area contributed by atoms with Crippen molar-refractivity contribution in [3.63, 3.8) is 0 Å². The van der Waals surface area contributed by atoms with Crippen LogP contribution in [0.1, 0.15) is 24.9 Å². The molecule has 2 unspecified atom stereocenters. The van der Waals surface area contributed by atoms with Crippen molar-refractivity contribution in [3.05, 3.63) is 30.1 Å². The summed E-state index contributed by atoms with van der Waals surface area (Å²) in [5.74, 6) is -0.153. The highest BCUT2D eigenvalue weighted by atomic mass is 16.5. The van der Waals surface area contributed by atoms with Gasteiger partial charge >= 0.3 is 0 Å². The lowest BCUT2D eigenvalue weighted by Gasteiger charge is -2.23. The minimum Gasteiger partial charge on any atom is -0.379 e. The summed E-state index contributed by atoms with van der Waals surface area (Å²) in [4.78, 5) is 16.0. The van der Waals surface area contributed by atoms with Crippen LogP contribution in [0, 0.1) is 0 Å². The summed E-state index contributed by atoms with van der Waals surface area (Å²) in [5.41, 5.74) is 6.12. The molecule has 5 heteroatoms. The fourth-order valence-electron chi connectivity index (χ4n) is 1.84. The van der Waals surface area contributed by atoms with Crippen molar-refractivity contribution in [1.29, 1.82) is 0 Å². The van der Waals surface area contributed by atoms with E-state index in [2.05, 4.69) is 10.3 Å². The zero-order valence-electron chi connectivity index (χ0n) is 9.85. The first-order chi connectivity index (χ1) is 8.12. The summed E-state index contributed by atoms with van der Waals surface area (Å²) in [7, 11) is 0. The van der Waals surface area contributed by atoms with Crippen molar-refractivity contribution >= 4 is 5.91 Å². The molecule has 2 rings (SSSR count). The van der Waals surface area contributed by atoms with Gasteiger partial charge in [-0.2, -0.15) is 0 Å². The van der Waals surface area contributed by atoms with E-state index in [9.17, 15) is 4.79 Å². The molecule has 92 valence electrons. The van der Waals surface area contributed by atoms with E-state index in [1.165, 1.54) is 0 Å². The quantitative estimate of drug-likeness (QED) is 0.794. The average molecular weight is 235 g/mol. The van der Waals surface area contributed by atoms with Crippen molar-refractivity contribution in [2.24, 2.45) is 5.73 Å². The molecule has 0 bridgehead atoms. The second kappa shape index (κ2) is 4.81. The normalized spacial score (nSPS) is 25.5. The molecule has 0 radical (unpaired) electrons. The molecular formula is C12H17N3O2. The highest BCUT2D eigenvalue weighted by molar-refractivity contribution is 5.86. The van der Waals surface area contributed by atoms with Gasteiger partial charge in [0.25, 0.3) is 0 Å². The summed E-state index contributed by atoms with van der Waals surface area (Å²) >= 11 is 0. The molecule has 1 saturated heterocycles. The molecule has 2 heterocycles. The van der Waals surface area contributed by atoms with Gasteiger partial charge in [-0.25, -0.2) is 0 Å². The molecule has 1 aromatic heterocycles. The number of rotatable bonds is 3. The molecule has 0 aromatic carbocycles. The summed E-state index contributed by atoms with van der Waals surface area (Å²) < 4.78 is 5.17. The second-order valence-corrected chi connectivity index (χ2v) is 4.43. The molecular weight excluding hydrogens is 218 g/mol. The molecule has 3 N–H and O–H groups in total. The van der Waals surface area contributed by atoms with E-state index in [0.717, 1.165) is 5.56 Å². The Morgan fingerprint density at radius 3 is 2.88 bits per heavy atom. The molecule has 17 heavy (non-hydrogen) atoms. The van der Waals surface area contributed by atoms with Gasteiger partial charge in [-0.3, -0.25) is 9.78 Å². The summed E-state index contributed by atoms with van der Waals surface area (Å²) in [6.45, 7) is 2.77. The monoisotopic (exact) mass is 235 g/mol. The third kappa shape index (κ3) is 2.62. The minimum atomic E-state index is -0.874. The predicted octanol–water partition coefficient (Wildman–Crippen LogP) is 0.377. The van der Waals surface area contributed by atoms with Crippen LogP contribution in [0.25, 0.3) is 0 Å². The number of amides is 1. The number of nitrogens with one attached hydrogen (secondary N) is 1. The molecule has 1 aliphatic rings. The molecule has 1 amide bonds. The zero-order valence-corrected chi connectivity index (χ0v) is 9.85. The van der Waals surface area contributed by atoms with Gasteiger partial charge < -0.3 is 15.8 Å². The molecule has 0 aliphatic carbocycles. The van der Waals surface area contributed by atoms with Crippen LogP contribution < -0.4 is 11.1 Å². The molecule has 2 atom stereocenters. The van der Waals surface area contributed by atoms with Crippen molar-refractivity contribution < 1.29 is 9.53 Å². The number of aromatic nitrogens is 1. The van der Waals surface area contributed by atoms with E-state index < -0.39 is 5.54 Å². The predicted molar refractivity (Wildman–Crippen MR) is 63.1 cm³/mol. The Balaban J connectivity index is 1.99. The Kier molecular flexibility index (Phi) is 3.40. The van der Waals surface area contributed by atoms with Crippen molar-refractivity contribution in [2.45, 2.75) is 24.9 Å². The fraction of sp³-hybridized carbons (Fsp3) is 0.500. The number of nitrogens with two attached hydrogens (primary N) is 1. The lowest BCUT2D eigenvalue weighted by Crippen LogP contribution is -2.54. The second-order valence-electron chi connectivity index (χ2n) is 4.43. The van der Waals surface area contributed by atoms with Crippen LogP contribution in [-0.4, -0.2) is 29.6 Å². The first-order valence-electron chi connectivity index (χ1n) is 5.69. The molecule has 1 fully saturated rings. The number of pyridine rings is 1. The van der Waals surface area contributed by atoms with Gasteiger partial charge in [0.05, 0.1) is 12.6 Å². The van der Waals surface area contributed by atoms with Gasteiger partial charge in [-0.1, -0.05) is 0 Å².